The van der Waals surface area contributed by atoms with Gasteiger partial charge in [0.05, 0.1) is 5.69 Å². The summed E-state index contributed by atoms with van der Waals surface area (Å²) in [4.78, 5) is 24.7. The minimum atomic E-state index is -1.32. The number of likely N-dealkylation sites (N-methyl/N-ethyl adjacent to an activating group) is 1. The molecule has 0 aliphatic heterocycles. The summed E-state index contributed by atoms with van der Waals surface area (Å²) in [5, 5.41) is 13.9. The van der Waals surface area contributed by atoms with Crippen LogP contribution in [0.2, 0.25) is 5.02 Å². The Morgan fingerprint density at radius 1 is 1.32 bits per heavy atom. The van der Waals surface area contributed by atoms with Gasteiger partial charge in [-0.2, -0.15) is 5.10 Å². The zero-order valence-electron chi connectivity index (χ0n) is 12.4. The summed E-state index contributed by atoms with van der Waals surface area (Å²) in [6.45, 7) is 2.92. The van der Waals surface area contributed by atoms with Crippen LogP contribution in [-0.4, -0.2) is 44.3 Å². The summed E-state index contributed by atoms with van der Waals surface area (Å²) in [5.74, 6) is -1.55. The molecule has 0 spiro atoms. The van der Waals surface area contributed by atoms with Crippen molar-refractivity contribution >= 4 is 23.5 Å². The molecule has 116 valence electrons. The number of carbonyl (C=O) groups is 2. The molecule has 0 fully saturated rings. The Balaban J connectivity index is 2.28. The normalized spacial score (nSPS) is 11.3. The van der Waals surface area contributed by atoms with Crippen LogP contribution in [0, 0.1) is 0 Å². The SMILES string of the molecule is CN(C(=O)c1ccn(-c2cccc(Cl)c2)n1)C(C)(C)C(=O)O. The zero-order valence-corrected chi connectivity index (χ0v) is 13.2. The van der Waals surface area contributed by atoms with Gasteiger partial charge in [-0.25, -0.2) is 9.48 Å². The van der Waals surface area contributed by atoms with Crippen LogP contribution in [0.5, 0.6) is 0 Å². The van der Waals surface area contributed by atoms with Crippen molar-refractivity contribution < 1.29 is 14.7 Å². The number of carbonyl (C=O) groups excluding carboxylic acids is 1. The largest absolute Gasteiger partial charge is 0.480 e. The van der Waals surface area contributed by atoms with E-state index in [1.165, 1.54) is 31.6 Å². The summed E-state index contributed by atoms with van der Waals surface area (Å²) in [5.41, 5.74) is -0.444. The Labute approximate surface area is 132 Å². The van der Waals surface area contributed by atoms with Crippen LogP contribution in [-0.2, 0) is 4.79 Å². The summed E-state index contributed by atoms with van der Waals surface area (Å²) in [6, 6.07) is 8.58. The molecule has 1 amide bonds. The van der Waals surface area contributed by atoms with Gasteiger partial charge < -0.3 is 10.0 Å². The van der Waals surface area contributed by atoms with Crippen LogP contribution >= 0.6 is 11.6 Å². The fraction of sp³-hybridized carbons (Fsp3) is 0.267. The van der Waals surface area contributed by atoms with E-state index in [1.54, 1.807) is 30.5 Å². The van der Waals surface area contributed by atoms with Crippen molar-refractivity contribution in [2.75, 3.05) is 7.05 Å². The first-order valence-corrected chi connectivity index (χ1v) is 6.94. The summed E-state index contributed by atoms with van der Waals surface area (Å²) in [6.07, 6.45) is 1.63. The second kappa shape index (κ2) is 5.81. The number of hydrogen-bond donors (Lipinski definition) is 1. The lowest BCUT2D eigenvalue weighted by atomic mass is 10.0. The van der Waals surface area contributed by atoms with E-state index < -0.39 is 17.4 Å². The van der Waals surface area contributed by atoms with E-state index >= 15 is 0 Å². The molecule has 1 heterocycles. The average Bonchev–Trinajstić information content (AvgIpc) is 2.95. The summed E-state index contributed by atoms with van der Waals surface area (Å²) >= 11 is 5.93. The van der Waals surface area contributed by atoms with Crippen molar-refractivity contribution in [1.29, 1.82) is 0 Å². The molecule has 0 radical (unpaired) electrons. The van der Waals surface area contributed by atoms with Gasteiger partial charge in [-0.3, -0.25) is 4.79 Å². The number of carboxylic acids is 1. The van der Waals surface area contributed by atoms with Crippen molar-refractivity contribution in [3.63, 3.8) is 0 Å². The molecule has 6 nitrogen and oxygen atoms in total. The van der Waals surface area contributed by atoms with Crippen LogP contribution < -0.4 is 0 Å². The molecule has 0 bridgehead atoms. The van der Waals surface area contributed by atoms with E-state index in [-0.39, 0.29) is 5.69 Å². The number of hydrogen-bond acceptors (Lipinski definition) is 3. The van der Waals surface area contributed by atoms with Crippen molar-refractivity contribution in [1.82, 2.24) is 14.7 Å². The van der Waals surface area contributed by atoms with Gasteiger partial charge in [-0.1, -0.05) is 17.7 Å². The average molecular weight is 322 g/mol. The first-order valence-electron chi connectivity index (χ1n) is 6.56. The van der Waals surface area contributed by atoms with E-state index in [9.17, 15) is 14.7 Å². The monoisotopic (exact) mass is 321 g/mol. The van der Waals surface area contributed by atoms with Crippen molar-refractivity contribution in [3.8, 4) is 5.69 Å². The number of nitrogens with zero attached hydrogens (tertiary/aromatic N) is 3. The molecule has 2 aromatic rings. The van der Waals surface area contributed by atoms with Crippen molar-refractivity contribution in [2.24, 2.45) is 0 Å². The molecular weight excluding hydrogens is 306 g/mol. The highest BCUT2D eigenvalue weighted by Crippen LogP contribution is 2.17. The quantitative estimate of drug-likeness (QED) is 0.938. The Bertz CT molecular complexity index is 724. The van der Waals surface area contributed by atoms with E-state index in [2.05, 4.69) is 5.10 Å². The Kier molecular flexibility index (Phi) is 4.23. The van der Waals surface area contributed by atoms with Gasteiger partial charge in [0.2, 0.25) is 0 Å². The van der Waals surface area contributed by atoms with Gasteiger partial charge in [0.1, 0.15) is 5.54 Å². The molecule has 22 heavy (non-hydrogen) atoms. The van der Waals surface area contributed by atoms with Crippen LogP contribution in [0.4, 0.5) is 0 Å². The highest BCUT2D eigenvalue weighted by molar-refractivity contribution is 6.30. The van der Waals surface area contributed by atoms with Crippen LogP contribution in [0.1, 0.15) is 24.3 Å². The minimum absolute atomic E-state index is 0.164. The number of amides is 1. The third kappa shape index (κ3) is 2.96. The lowest BCUT2D eigenvalue weighted by Gasteiger charge is -2.30. The molecule has 0 atom stereocenters. The molecule has 0 saturated carbocycles. The highest BCUT2D eigenvalue weighted by Gasteiger charge is 2.36. The first kappa shape index (κ1) is 16.0. The number of rotatable bonds is 4. The van der Waals surface area contributed by atoms with Gasteiger partial charge in [-0.15, -0.1) is 0 Å². The van der Waals surface area contributed by atoms with Gasteiger partial charge >= 0.3 is 5.97 Å². The molecule has 0 unspecified atom stereocenters. The molecule has 7 heteroatoms. The lowest BCUT2D eigenvalue weighted by Crippen LogP contribution is -2.50. The standard InChI is InChI=1S/C15H16ClN3O3/c1-15(2,14(21)22)18(3)13(20)12-7-8-19(17-12)11-6-4-5-10(16)9-11/h4-9H,1-3H3,(H,21,22). The van der Waals surface area contributed by atoms with E-state index in [1.807, 2.05) is 0 Å². The molecule has 1 aromatic carbocycles. The maximum Gasteiger partial charge on any atom is 0.329 e. The maximum absolute atomic E-state index is 12.4. The van der Waals surface area contributed by atoms with E-state index in [4.69, 9.17) is 11.6 Å². The number of halogens is 1. The lowest BCUT2D eigenvalue weighted by molar-refractivity contribution is -0.147. The molecule has 0 aliphatic rings. The number of aliphatic carboxylic acids is 1. The van der Waals surface area contributed by atoms with Crippen molar-refractivity contribution in [3.05, 3.63) is 47.2 Å². The predicted molar refractivity (Wildman–Crippen MR) is 82.4 cm³/mol. The van der Waals surface area contributed by atoms with Gasteiger partial charge in [0, 0.05) is 18.3 Å². The number of benzene rings is 1. The van der Waals surface area contributed by atoms with Gasteiger partial charge in [0.15, 0.2) is 5.69 Å². The summed E-state index contributed by atoms with van der Waals surface area (Å²) in [7, 11) is 1.44. The van der Waals surface area contributed by atoms with Crippen LogP contribution in [0.25, 0.3) is 5.69 Å². The van der Waals surface area contributed by atoms with E-state index in [0.717, 1.165) is 4.90 Å². The van der Waals surface area contributed by atoms with E-state index in [0.29, 0.717) is 10.7 Å². The molecule has 2 rings (SSSR count). The Hall–Kier alpha value is -2.34. The maximum atomic E-state index is 12.4. The topological polar surface area (TPSA) is 75.4 Å². The molecule has 0 aliphatic carbocycles. The van der Waals surface area contributed by atoms with Gasteiger partial charge in [-0.05, 0) is 38.1 Å². The minimum Gasteiger partial charge on any atom is -0.480 e. The summed E-state index contributed by atoms with van der Waals surface area (Å²) < 4.78 is 1.51. The third-order valence-corrected chi connectivity index (χ3v) is 3.78. The fourth-order valence-corrected chi connectivity index (χ4v) is 1.95. The third-order valence-electron chi connectivity index (χ3n) is 3.55. The highest BCUT2D eigenvalue weighted by atomic mass is 35.5. The number of carboxylic acid groups (broad SMARTS) is 1. The van der Waals surface area contributed by atoms with Crippen molar-refractivity contribution in [2.45, 2.75) is 19.4 Å². The number of aromatic nitrogens is 2. The molecular formula is C15H16ClN3O3. The zero-order chi connectivity index (χ0) is 16.5. The van der Waals surface area contributed by atoms with Crippen LogP contribution in [0.3, 0.4) is 0 Å². The second-order valence-electron chi connectivity index (χ2n) is 5.35. The van der Waals surface area contributed by atoms with Gasteiger partial charge in [0.25, 0.3) is 5.91 Å². The Morgan fingerprint density at radius 3 is 2.59 bits per heavy atom. The first-order chi connectivity index (χ1) is 10.2. The second-order valence-corrected chi connectivity index (χ2v) is 5.79. The predicted octanol–water partition coefficient (Wildman–Crippen LogP) is 2.46. The molecule has 0 saturated heterocycles. The Morgan fingerprint density at radius 2 is 2.00 bits per heavy atom. The smallest absolute Gasteiger partial charge is 0.329 e. The molecule has 1 N–H and O–H groups in total. The van der Waals surface area contributed by atoms with Crippen LogP contribution in [0.15, 0.2) is 36.5 Å². The molecule has 1 aromatic heterocycles. The fourth-order valence-electron chi connectivity index (χ4n) is 1.77.